The molecule has 188 valence electrons. The molecule has 1 heterocycles. The first-order chi connectivity index (χ1) is 16.7. The summed E-state index contributed by atoms with van der Waals surface area (Å²) in [6.45, 7) is 7.40. The van der Waals surface area contributed by atoms with Crippen LogP contribution < -0.4 is 4.90 Å². The fourth-order valence-electron chi connectivity index (χ4n) is 8.53. The monoisotopic (exact) mass is 475 g/mol. The lowest BCUT2D eigenvalue weighted by Gasteiger charge is -2.53. The van der Waals surface area contributed by atoms with Crippen LogP contribution in [0.15, 0.2) is 47.1 Å². The molecule has 1 aliphatic heterocycles. The maximum absolute atomic E-state index is 12.3. The van der Waals surface area contributed by atoms with E-state index in [9.17, 15) is 4.79 Å². The molecule has 0 bridgehead atoms. The number of carbonyl (C=O) groups is 1. The van der Waals surface area contributed by atoms with Gasteiger partial charge in [0.15, 0.2) is 11.6 Å². The number of fused-ring (bicyclic) bond motifs is 4. The van der Waals surface area contributed by atoms with Crippen molar-refractivity contribution in [1.82, 2.24) is 0 Å². The van der Waals surface area contributed by atoms with Gasteiger partial charge in [-0.15, -0.1) is 0 Å². The number of rotatable bonds is 3. The molecule has 35 heavy (non-hydrogen) atoms. The number of hydrogen-bond acceptors (Lipinski definition) is 4. The molecule has 0 aromatic heterocycles. The molecule has 6 rings (SSSR count). The molecule has 2 saturated carbocycles. The van der Waals surface area contributed by atoms with Crippen LogP contribution in [-0.2, 0) is 14.3 Å². The van der Waals surface area contributed by atoms with E-state index in [2.05, 4.69) is 64.0 Å². The highest BCUT2D eigenvalue weighted by Crippen LogP contribution is 2.66. The van der Waals surface area contributed by atoms with Gasteiger partial charge in [0.1, 0.15) is 0 Å². The summed E-state index contributed by atoms with van der Waals surface area (Å²) in [6, 6.07) is 9.28. The Labute approximate surface area is 210 Å². The zero-order chi connectivity index (χ0) is 24.5. The second kappa shape index (κ2) is 8.31. The fourth-order valence-corrected chi connectivity index (χ4v) is 8.53. The Hall–Kier alpha value is -1.91. The van der Waals surface area contributed by atoms with E-state index in [-0.39, 0.29) is 11.5 Å². The van der Waals surface area contributed by atoms with Gasteiger partial charge in [-0.05, 0) is 110 Å². The molecule has 1 saturated heterocycles. The lowest BCUT2D eigenvalue weighted by molar-refractivity contribution is -0.151. The number of benzene rings is 1. The van der Waals surface area contributed by atoms with E-state index in [0.29, 0.717) is 35.9 Å². The Morgan fingerprint density at radius 3 is 2.37 bits per heavy atom. The van der Waals surface area contributed by atoms with E-state index in [1.165, 1.54) is 48.1 Å². The molecule has 1 aromatic carbocycles. The fraction of sp³-hybridized carbons (Fsp3) is 0.645. The Kier molecular flexibility index (Phi) is 5.58. The normalized spacial score (nSPS) is 38.0. The quantitative estimate of drug-likeness (QED) is 0.506. The van der Waals surface area contributed by atoms with Crippen molar-refractivity contribution in [3.05, 3.63) is 52.6 Å². The molecule has 6 atom stereocenters. The van der Waals surface area contributed by atoms with Crippen LogP contribution in [0.1, 0.15) is 77.2 Å². The second-order valence-electron chi connectivity index (χ2n) is 12.6. The lowest BCUT2D eigenvalue weighted by Crippen LogP contribution is -2.46. The summed E-state index contributed by atoms with van der Waals surface area (Å²) in [5.41, 5.74) is 7.48. The summed E-state index contributed by atoms with van der Waals surface area (Å²) >= 11 is 0. The highest BCUT2D eigenvalue weighted by atomic mass is 16.7. The first-order valence-corrected chi connectivity index (χ1v) is 13.7. The van der Waals surface area contributed by atoms with E-state index in [0.717, 1.165) is 19.4 Å². The lowest BCUT2D eigenvalue weighted by atomic mass is 9.51. The highest BCUT2D eigenvalue weighted by molar-refractivity contribution is 5.93. The van der Waals surface area contributed by atoms with E-state index in [1.807, 2.05) is 6.08 Å². The van der Waals surface area contributed by atoms with Gasteiger partial charge in [0, 0.05) is 32.1 Å². The zero-order valence-electron chi connectivity index (χ0n) is 22.1. The maximum atomic E-state index is 12.3. The molecular formula is C31H41NO3. The van der Waals surface area contributed by atoms with Crippen LogP contribution in [-0.4, -0.2) is 38.4 Å². The van der Waals surface area contributed by atoms with Crippen molar-refractivity contribution in [3.63, 3.8) is 0 Å². The van der Waals surface area contributed by atoms with Gasteiger partial charge in [0.05, 0.1) is 12.7 Å². The van der Waals surface area contributed by atoms with Crippen LogP contribution in [0.2, 0.25) is 0 Å². The molecule has 0 N–H and O–H groups in total. The van der Waals surface area contributed by atoms with E-state index < -0.39 is 5.79 Å². The molecule has 1 aromatic rings. The van der Waals surface area contributed by atoms with Crippen molar-refractivity contribution < 1.29 is 14.3 Å². The SMILES string of the molecule is CN(C)c1ccc(C2CC3(C)C(C4COC(C)(C)O4)CCC3C3CCC4=CC(=O)CCC4=C23)cc1. The van der Waals surface area contributed by atoms with Crippen LogP contribution in [0.4, 0.5) is 5.69 Å². The molecule has 4 aliphatic carbocycles. The molecule has 4 heteroatoms. The number of allylic oxidation sites excluding steroid dienone is 4. The molecule has 4 nitrogen and oxygen atoms in total. The number of anilines is 1. The predicted octanol–water partition coefficient (Wildman–Crippen LogP) is 6.42. The van der Waals surface area contributed by atoms with Gasteiger partial charge in [0.25, 0.3) is 0 Å². The molecule has 0 amide bonds. The van der Waals surface area contributed by atoms with Gasteiger partial charge in [-0.25, -0.2) is 0 Å². The maximum Gasteiger partial charge on any atom is 0.163 e. The Morgan fingerprint density at radius 2 is 1.69 bits per heavy atom. The summed E-state index contributed by atoms with van der Waals surface area (Å²) in [6.07, 6.45) is 9.71. The summed E-state index contributed by atoms with van der Waals surface area (Å²) in [5.74, 6) is 2.11. The number of hydrogen-bond donors (Lipinski definition) is 0. The van der Waals surface area contributed by atoms with Crippen molar-refractivity contribution in [1.29, 1.82) is 0 Å². The first-order valence-electron chi connectivity index (χ1n) is 13.7. The molecule has 0 spiro atoms. The minimum absolute atomic E-state index is 0.192. The van der Waals surface area contributed by atoms with Gasteiger partial charge in [-0.1, -0.05) is 24.6 Å². The van der Waals surface area contributed by atoms with Gasteiger partial charge in [0.2, 0.25) is 0 Å². The minimum atomic E-state index is -0.471. The van der Waals surface area contributed by atoms with Gasteiger partial charge >= 0.3 is 0 Å². The predicted molar refractivity (Wildman–Crippen MR) is 139 cm³/mol. The van der Waals surface area contributed by atoms with Gasteiger partial charge in [-0.3, -0.25) is 4.79 Å². The topological polar surface area (TPSA) is 38.8 Å². The molecule has 6 unspecified atom stereocenters. The minimum Gasteiger partial charge on any atom is -0.378 e. The van der Waals surface area contributed by atoms with E-state index >= 15 is 0 Å². The summed E-state index contributed by atoms with van der Waals surface area (Å²) in [4.78, 5) is 14.5. The second-order valence-corrected chi connectivity index (χ2v) is 12.6. The first kappa shape index (κ1) is 23.5. The third kappa shape index (κ3) is 3.83. The standard InChI is InChI=1S/C31H41NO3/c1-30(2)34-18-28(35-30)27-15-14-26-24-12-8-20-16-22(33)11-13-23(20)29(24)25(17-31(26,27)3)19-6-9-21(10-7-19)32(4)5/h6-7,9-10,16,24-28H,8,11-15,17-18H2,1-5H3. The Balaban J connectivity index is 1.43. The number of carbonyl (C=O) groups excluding carboxylic acids is 1. The highest BCUT2D eigenvalue weighted by Gasteiger charge is 2.59. The molecule has 5 aliphatic rings. The van der Waals surface area contributed by atoms with E-state index in [4.69, 9.17) is 9.47 Å². The van der Waals surface area contributed by atoms with Crippen LogP contribution in [0.5, 0.6) is 0 Å². The van der Waals surface area contributed by atoms with Crippen molar-refractivity contribution in [3.8, 4) is 0 Å². The zero-order valence-corrected chi connectivity index (χ0v) is 22.1. The summed E-state index contributed by atoms with van der Waals surface area (Å²) in [7, 11) is 4.21. The van der Waals surface area contributed by atoms with E-state index in [1.54, 1.807) is 5.57 Å². The van der Waals surface area contributed by atoms with Crippen LogP contribution in [0, 0.1) is 23.2 Å². The third-order valence-corrected chi connectivity index (χ3v) is 10.1. The molecular weight excluding hydrogens is 434 g/mol. The van der Waals surface area contributed by atoms with Crippen molar-refractivity contribution >= 4 is 11.5 Å². The summed E-state index contributed by atoms with van der Waals surface area (Å²) < 4.78 is 12.5. The molecule has 0 radical (unpaired) electrons. The van der Waals surface area contributed by atoms with Crippen LogP contribution >= 0.6 is 0 Å². The third-order valence-electron chi connectivity index (χ3n) is 10.1. The average Bonchev–Trinajstić information content (AvgIpc) is 3.36. The largest absolute Gasteiger partial charge is 0.378 e. The van der Waals surface area contributed by atoms with Crippen molar-refractivity contribution in [2.75, 3.05) is 25.6 Å². The van der Waals surface area contributed by atoms with Gasteiger partial charge < -0.3 is 14.4 Å². The molecule has 3 fully saturated rings. The number of ether oxygens (including phenoxy) is 2. The van der Waals surface area contributed by atoms with Crippen molar-refractivity contribution in [2.45, 2.75) is 83.5 Å². The smallest absolute Gasteiger partial charge is 0.163 e. The average molecular weight is 476 g/mol. The number of ketones is 1. The van der Waals surface area contributed by atoms with Gasteiger partial charge in [-0.2, -0.15) is 0 Å². The number of nitrogens with zero attached hydrogens (tertiary/aromatic N) is 1. The Morgan fingerprint density at radius 1 is 0.943 bits per heavy atom. The van der Waals surface area contributed by atoms with Crippen molar-refractivity contribution in [2.24, 2.45) is 23.2 Å². The van der Waals surface area contributed by atoms with Crippen LogP contribution in [0.3, 0.4) is 0 Å². The Bertz CT molecular complexity index is 1080. The van der Waals surface area contributed by atoms with Crippen LogP contribution in [0.25, 0.3) is 0 Å². The summed E-state index contributed by atoms with van der Waals surface area (Å²) in [5, 5.41) is 0.